The van der Waals surface area contributed by atoms with Crippen LogP contribution in [0.15, 0.2) is 48.5 Å². The summed E-state index contributed by atoms with van der Waals surface area (Å²) in [5.74, 6) is 1.98. The van der Waals surface area contributed by atoms with Crippen molar-refractivity contribution >= 4 is 19.6 Å². The molecule has 110 valence electrons. The largest absolute Gasteiger partial charge is 0.453 e. The van der Waals surface area contributed by atoms with E-state index in [4.69, 9.17) is 4.74 Å². The molecule has 21 heavy (non-hydrogen) atoms. The predicted molar refractivity (Wildman–Crippen MR) is 92.3 cm³/mol. The second kappa shape index (κ2) is 5.56. The standard InChI is InChI=1S/C18H23NOSi/c1-4-21(5-2,6-3)19-15-11-7-9-13-17(15)20-18-14-10-8-12-16(18)19/h7-14H,4-6H2,1-3H3. The highest BCUT2D eigenvalue weighted by molar-refractivity contribution is 6.84. The summed E-state index contributed by atoms with van der Waals surface area (Å²) in [6.45, 7) is 7.04. The third kappa shape index (κ3) is 2.16. The second-order valence-corrected chi connectivity index (χ2v) is 10.7. The number of hydrogen-bond acceptors (Lipinski definition) is 2. The molecule has 0 atom stereocenters. The van der Waals surface area contributed by atoms with Crippen molar-refractivity contribution in [3.63, 3.8) is 0 Å². The fraction of sp³-hybridized carbons (Fsp3) is 0.333. The Bertz CT molecular complexity index is 583. The molecule has 0 aromatic heterocycles. The molecule has 0 amide bonds. The quantitative estimate of drug-likeness (QED) is 0.648. The molecule has 0 N–H and O–H groups in total. The molecular weight excluding hydrogens is 274 g/mol. The summed E-state index contributed by atoms with van der Waals surface area (Å²) < 4.78 is 8.76. The molecule has 0 saturated carbocycles. The summed E-state index contributed by atoms with van der Waals surface area (Å²) in [6, 6.07) is 20.7. The number of hydrogen-bond donors (Lipinski definition) is 0. The molecule has 0 aliphatic carbocycles. The Kier molecular flexibility index (Phi) is 3.76. The van der Waals surface area contributed by atoms with Gasteiger partial charge in [0.25, 0.3) is 0 Å². The first-order valence-electron chi connectivity index (χ1n) is 7.92. The Hall–Kier alpha value is -1.74. The highest BCUT2D eigenvalue weighted by Crippen LogP contribution is 2.50. The molecule has 0 bridgehead atoms. The van der Waals surface area contributed by atoms with Gasteiger partial charge in [-0.3, -0.25) is 0 Å². The van der Waals surface area contributed by atoms with E-state index >= 15 is 0 Å². The van der Waals surface area contributed by atoms with Crippen LogP contribution in [-0.2, 0) is 0 Å². The van der Waals surface area contributed by atoms with Gasteiger partial charge < -0.3 is 9.30 Å². The van der Waals surface area contributed by atoms with E-state index in [1.165, 1.54) is 29.5 Å². The zero-order valence-electron chi connectivity index (χ0n) is 13.1. The van der Waals surface area contributed by atoms with Crippen molar-refractivity contribution in [2.45, 2.75) is 38.9 Å². The lowest BCUT2D eigenvalue weighted by atomic mass is 10.2. The van der Waals surface area contributed by atoms with Crippen LogP contribution in [0, 0.1) is 0 Å². The van der Waals surface area contributed by atoms with Gasteiger partial charge in [0.1, 0.15) is 11.5 Å². The van der Waals surface area contributed by atoms with Crippen molar-refractivity contribution in [1.82, 2.24) is 0 Å². The molecule has 1 aliphatic heterocycles. The maximum Gasteiger partial charge on any atom is 0.162 e. The first kappa shape index (κ1) is 14.2. The van der Waals surface area contributed by atoms with Crippen LogP contribution >= 0.6 is 0 Å². The second-order valence-electron chi connectivity index (χ2n) is 5.66. The van der Waals surface area contributed by atoms with Crippen molar-refractivity contribution in [1.29, 1.82) is 0 Å². The molecule has 1 heterocycles. The van der Waals surface area contributed by atoms with Crippen LogP contribution in [0.1, 0.15) is 20.8 Å². The average molecular weight is 297 g/mol. The summed E-state index contributed by atoms with van der Waals surface area (Å²) >= 11 is 0. The van der Waals surface area contributed by atoms with Gasteiger partial charge in [0.2, 0.25) is 0 Å². The van der Waals surface area contributed by atoms with Crippen molar-refractivity contribution in [3.8, 4) is 11.5 Å². The Morgan fingerprint density at radius 3 is 1.62 bits per heavy atom. The lowest BCUT2D eigenvalue weighted by Crippen LogP contribution is -2.50. The molecule has 3 rings (SSSR count). The smallest absolute Gasteiger partial charge is 0.162 e. The SMILES string of the molecule is CC[Si](CC)(CC)N1c2ccccc2Oc2ccccc21. The van der Waals surface area contributed by atoms with Gasteiger partial charge in [-0.25, -0.2) is 0 Å². The minimum atomic E-state index is -1.57. The number of fused-ring (bicyclic) bond motifs is 2. The van der Waals surface area contributed by atoms with E-state index < -0.39 is 8.24 Å². The zero-order valence-corrected chi connectivity index (χ0v) is 14.1. The highest BCUT2D eigenvalue weighted by atomic mass is 28.3. The Balaban J connectivity index is 2.23. The van der Waals surface area contributed by atoms with Gasteiger partial charge in [-0.2, -0.15) is 0 Å². The highest BCUT2D eigenvalue weighted by Gasteiger charge is 2.40. The van der Waals surface area contributed by atoms with E-state index in [0.717, 1.165) is 11.5 Å². The number of rotatable bonds is 4. The van der Waals surface area contributed by atoms with Crippen molar-refractivity contribution in [2.75, 3.05) is 4.57 Å². The summed E-state index contributed by atoms with van der Waals surface area (Å²) in [6.07, 6.45) is 0. The van der Waals surface area contributed by atoms with Crippen molar-refractivity contribution < 1.29 is 4.74 Å². The Morgan fingerprint density at radius 2 is 1.19 bits per heavy atom. The normalized spacial score (nSPS) is 13.4. The van der Waals surface area contributed by atoms with Crippen molar-refractivity contribution in [2.24, 2.45) is 0 Å². The van der Waals surface area contributed by atoms with Crippen LogP contribution in [0.3, 0.4) is 0 Å². The number of para-hydroxylation sites is 4. The number of anilines is 2. The maximum atomic E-state index is 6.12. The monoisotopic (exact) mass is 297 g/mol. The molecule has 2 aromatic carbocycles. The van der Waals surface area contributed by atoms with Gasteiger partial charge in [0.05, 0.1) is 11.4 Å². The third-order valence-corrected chi connectivity index (χ3v) is 10.3. The molecule has 2 aromatic rings. The summed E-state index contributed by atoms with van der Waals surface area (Å²) in [5, 5.41) is 0. The molecule has 1 aliphatic rings. The molecule has 0 unspecified atom stereocenters. The molecule has 0 saturated heterocycles. The van der Waals surface area contributed by atoms with Gasteiger partial charge in [0.15, 0.2) is 8.24 Å². The van der Waals surface area contributed by atoms with Crippen LogP contribution in [0.2, 0.25) is 18.1 Å². The van der Waals surface area contributed by atoms with E-state index in [2.05, 4.69) is 73.9 Å². The first-order chi connectivity index (χ1) is 10.3. The van der Waals surface area contributed by atoms with Gasteiger partial charge >= 0.3 is 0 Å². The van der Waals surface area contributed by atoms with E-state index in [1.54, 1.807) is 0 Å². The van der Waals surface area contributed by atoms with Gasteiger partial charge in [-0.1, -0.05) is 45.0 Å². The van der Waals surface area contributed by atoms with Crippen LogP contribution in [0.25, 0.3) is 0 Å². The minimum absolute atomic E-state index is 0.989. The van der Waals surface area contributed by atoms with Gasteiger partial charge in [-0.15, -0.1) is 0 Å². The lowest BCUT2D eigenvalue weighted by Gasteiger charge is -2.45. The van der Waals surface area contributed by atoms with Gasteiger partial charge in [-0.05, 0) is 42.4 Å². The molecule has 3 heteroatoms. The van der Waals surface area contributed by atoms with Crippen molar-refractivity contribution in [3.05, 3.63) is 48.5 Å². The maximum absolute atomic E-state index is 6.12. The third-order valence-electron chi connectivity index (χ3n) is 4.88. The van der Waals surface area contributed by atoms with E-state index in [0.29, 0.717) is 0 Å². The topological polar surface area (TPSA) is 12.5 Å². The summed E-state index contributed by atoms with van der Waals surface area (Å²) in [7, 11) is -1.57. The van der Waals surface area contributed by atoms with Crippen LogP contribution in [0.4, 0.5) is 11.4 Å². The fourth-order valence-electron chi connectivity index (χ4n) is 3.44. The Labute approximate surface area is 128 Å². The van der Waals surface area contributed by atoms with Crippen LogP contribution < -0.4 is 9.30 Å². The zero-order chi connectivity index (χ0) is 14.9. The summed E-state index contributed by atoms with van der Waals surface area (Å²) in [5.41, 5.74) is 2.49. The van der Waals surface area contributed by atoms with Crippen LogP contribution in [-0.4, -0.2) is 8.24 Å². The predicted octanol–water partition coefficient (Wildman–Crippen LogP) is 5.94. The van der Waals surface area contributed by atoms with Gasteiger partial charge in [0, 0.05) is 0 Å². The van der Waals surface area contributed by atoms with E-state index in [-0.39, 0.29) is 0 Å². The van der Waals surface area contributed by atoms with E-state index in [9.17, 15) is 0 Å². The molecule has 0 fully saturated rings. The first-order valence-corrected chi connectivity index (χ1v) is 10.5. The number of nitrogens with zero attached hydrogens (tertiary/aromatic N) is 1. The fourth-order valence-corrected chi connectivity index (χ4v) is 7.28. The van der Waals surface area contributed by atoms with E-state index in [1.807, 2.05) is 0 Å². The minimum Gasteiger partial charge on any atom is -0.453 e. The number of benzene rings is 2. The lowest BCUT2D eigenvalue weighted by molar-refractivity contribution is 0.477. The molecule has 0 spiro atoms. The van der Waals surface area contributed by atoms with Crippen LogP contribution in [0.5, 0.6) is 11.5 Å². The molecular formula is C18H23NOSi. The molecule has 2 nitrogen and oxygen atoms in total. The average Bonchev–Trinajstić information content (AvgIpc) is 2.56. The number of ether oxygens (including phenoxy) is 1. The summed E-state index contributed by atoms with van der Waals surface area (Å²) in [4.78, 5) is 0. The Morgan fingerprint density at radius 1 is 0.762 bits per heavy atom. The molecule has 0 radical (unpaired) electrons.